The number of H-pyrrole nitrogens is 1. The molecule has 0 radical (unpaired) electrons. The highest BCUT2D eigenvalue weighted by atomic mass is 32.1. The topological polar surface area (TPSA) is 53.8 Å². The minimum atomic E-state index is 0.281. The number of rotatable bonds is 3. The Morgan fingerprint density at radius 1 is 1.38 bits per heavy atom. The number of phenolic OH excluding ortho intramolecular Hbond substituents is 1. The molecule has 110 valence electrons. The predicted octanol–water partition coefficient (Wildman–Crippen LogP) is 4.37. The summed E-state index contributed by atoms with van der Waals surface area (Å²) in [5.41, 5.74) is 4.48. The van der Waals surface area contributed by atoms with E-state index in [4.69, 9.17) is 12.2 Å². The Labute approximate surface area is 129 Å². The van der Waals surface area contributed by atoms with Gasteiger partial charge in [0.2, 0.25) is 0 Å². The van der Waals surface area contributed by atoms with Crippen LogP contribution in [0.25, 0.3) is 17.1 Å². The number of aromatic nitrogens is 3. The summed E-state index contributed by atoms with van der Waals surface area (Å²) in [6, 6.07) is 3.65. The van der Waals surface area contributed by atoms with Gasteiger partial charge in [-0.25, -0.2) is 0 Å². The summed E-state index contributed by atoms with van der Waals surface area (Å²) in [7, 11) is 0. The lowest BCUT2D eigenvalue weighted by molar-refractivity contribution is 0.471. The molecule has 0 saturated carbocycles. The second-order valence-corrected chi connectivity index (χ2v) is 5.48. The molecule has 1 aromatic heterocycles. The molecular weight excluding hydrogens is 282 g/mol. The van der Waals surface area contributed by atoms with E-state index in [0.717, 1.165) is 33.8 Å². The molecular formula is C16H19N3OS. The van der Waals surface area contributed by atoms with E-state index in [2.05, 4.69) is 16.8 Å². The van der Waals surface area contributed by atoms with Crippen molar-refractivity contribution in [1.82, 2.24) is 14.8 Å². The Balaban J connectivity index is 2.76. The maximum atomic E-state index is 9.81. The zero-order chi connectivity index (χ0) is 15.7. The summed E-state index contributed by atoms with van der Waals surface area (Å²) in [5.74, 6) is 1.000. The molecule has 2 rings (SSSR count). The van der Waals surface area contributed by atoms with Crippen molar-refractivity contribution >= 4 is 17.9 Å². The molecule has 0 unspecified atom stereocenters. The number of nitrogens with one attached hydrogen (secondary N) is 1. The van der Waals surface area contributed by atoms with Crippen LogP contribution in [-0.4, -0.2) is 19.9 Å². The molecule has 21 heavy (non-hydrogen) atoms. The molecule has 0 fully saturated rings. The van der Waals surface area contributed by atoms with Crippen LogP contribution in [0.5, 0.6) is 5.75 Å². The summed E-state index contributed by atoms with van der Waals surface area (Å²) in [4.78, 5) is 0. The Kier molecular flexibility index (Phi) is 4.14. The maximum absolute atomic E-state index is 9.81. The Morgan fingerprint density at radius 3 is 2.62 bits per heavy atom. The van der Waals surface area contributed by atoms with E-state index in [0.29, 0.717) is 4.77 Å². The predicted molar refractivity (Wildman–Crippen MR) is 88.7 cm³/mol. The molecule has 5 heteroatoms. The second-order valence-electron chi connectivity index (χ2n) is 5.10. The van der Waals surface area contributed by atoms with Gasteiger partial charge in [-0.1, -0.05) is 12.7 Å². The zero-order valence-electron chi connectivity index (χ0n) is 12.7. The quantitative estimate of drug-likeness (QED) is 0.654. The van der Waals surface area contributed by atoms with Gasteiger partial charge >= 0.3 is 0 Å². The third-order valence-electron chi connectivity index (χ3n) is 3.41. The fourth-order valence-corrected chi connectivity index (χ4v) is 2.54. The van der Waals surface area contributed by atoms with Crippen LogP contribution in [0.15, 0.2) is 30.4 Å². The van der Waals surface area contributed by atoms with E-state index in [-0.39, 0.29) is 5.75 Å². The van der Waals surface area contributed by atoms with Crippen LogP contribution in [0.3, 0.4) is 0 Å². The van der Waals surface area contributed by atoms with Crippen LogP contribution >= 0.6 is 12.2 Å². The second kappa shape index (κ2) is 5.69. The highest BCUT2D eigenvalue weighted by Gasteiger charge is 2.16. The number of phenols is 1. The van der Waals surface area contributed by atoms with Gasteiger partial charge in [0.15, 0.2) is 10.6 Å². The first-order valence-corrected chi connectivity index (χ1v) is 7.08. The Bertz CT molecular complexity index is 796. The van der Waals surface area contributed by atoms with Gasteiger partial charge in [-0.2, -0.15) is 5.10 Å². The molecule has 0 atom stereocenters. The summed E-state index contributed by atoms with van der Waals surface area (Å²) in [5, 5.41) is 17.0. The zero-order valence-corrected chi connectivity index (χ0v) is 13.5. The number of benzene rings is 1. The lowest BCUT2D eigenvalue weighted by atomic mass is 10.0. The fourth-order valence-electron chi connectivity index (χ4n) is 2.31. The third kappa shape index (κ3) is 2.69. The molecule has 0 aliphatic rings. The van der Waals surface area contributed by atoms with Crippen molar-refractivity contribution in [3.05, 3.63) is 46.3 Å². The Hall–Kier alpha value is -2.14. The lowest BCUT2D eigenvalue weighted by Gasteiger charge is -2.13. The highest BCUT2D eigenvalue weighted by Crippen LogP contribution is 2.30. The SMILES string of the molecule is C=C(C)/C(=C\C)n1c(-c2cc(C)c(O)cc2C)n[nH]c1=S. The normalized spacial score (nSPS) is 11.7. The lowest BCUT2D eigenvalue weighted by Crippen LogP contribution is -2.02. The van der Waals surface area contributed by atoms with Crippen LogP contribution < -0.4 is 0 Å². The van der Waals surface area contributed by atoms with Crippen molar-refractivity contribution in [2.75, 3.05) is 0 Å². The summed E-state index contributed by atoms with van der Waals surface area (Å²) >= 11 is 5.35. The van der Waals surface area contributed by atoms with E-state index in [1.54, 1.807) is 6.07 Å². The number of allylic oxidation sites excluding steroid dienone is 3. The molecule has 1 aromatic carbocycles. The van der Waals surface area contributed by atoms with Gasteiger partial charge in [0, 0.05) is 11.3 Å². The van der Waals surface area contributed by atoms with Crippen LogP contribution in [0.1, 0.15) is 25.0 Å². The largest absolute Gasteiger partial charge is 0.508 e. The average Bonchev–Trinajstić information content (AvgIpc) is 2.77. The fraction of sp³-hybridized carbons (Fsp3) is 0.250. The molecule has 2 aromatic rings. The van der Waals surface area contributed by atoms with Crippen molar-refractivity contribution in [3.8, 4) is 17.1 Å². The number of aromatic hydroxyl groups is 1. The summed E-state index contributed by atoms with van der Waals surface area (Å²) < 4.78 is 2.39. The molecule has 2 N–H and O–H groups in total. The minimum absolute atomic E-state index is 0.281. The van der Waals surface area contributed by atoms with Crippen molar-refractivity contribution < 1.29 is 5.11 Å². The van der Waals surface area contributed by atoms with Crippen LogP contribution in [0.2, 0.25) is 0 Å². The molecule has 0 spiro atoms. The third-order valence-corrected chi connectivity index (χ3v) is 3.68. The molecule has 0 bridgehead atoms. The number of aryl methyl sites for hydroxylation is 2. The maximum Gasteiger partial charge on any atom is 0.200 e. The van der Waals surface area contributed by atoms with Gasteiger partial charge in [0.05, 0.1) is 0 Å². The molecule has 0 amide bonds. The highest BCUT2D eigenvalue weighted by molar-refractivity contribution is 7.71. The van der Waals surface area contributed by atoms with E-state index >= 15 is 0 Å². The van der Waals surface area contributed by atoms with Gasteiger partial charge in [-0.3, -0.25) is 9.67 Å². The number of aromatic amines is 1. The van der Waals surface area contributed by atoms with Gasteiger partial charge in [-0.15, -0.1) is 0 Å². The van der Waals surface area contributed by atoms with Gasteiger partial charge in [0.1, 0.15) is 5.75 Å². The van der Waals surface area contributed by atoms with E-state index in [9.17, 15) is 5.11 Å². The smallest absolute Gasteiger partial charge is 0.200 e. The van der Waals surface area contributed by atoms with E-state index < -0.39 is 0 Å². The molecule has 0 aliphatic carbocycles. The number of nitrogens with zero attached hydrogens (tertiary/aromatic N) is 2. The first-order chi connectivity index (χ1) is 9.86. The standard InChI is InChI=1S/C16H19N3OS/c1-6-13(9(2)3)19-15(17-18-16(19)21)12-7-11(5)14(20)8-10(12)4/h6-8,20H,2H2,1,3-5H3,(H,18,21)/b13-6+. The van der Waals surface area contributed by atoms with Gasteiger partial charge in [0.25, 0.3) is 0 Å². The first kappa shape index (κ1) is 15.3. The van der Waals surface area contributed by atoms with Gasteiger partial charge < -0.3 is 5.11 Å². The van der Waals surface area contributed by atoms with E-state index in [1.807, 2.05) is 44.4 Å². The van der Waals surface area contributed by atoms with Crippen molar-refractivity contribution in [2.24, 2.45) is 0 Å². The van der Waals surface area contributed by atoms with Gasteiger partial charge in [-0.05, 0) is 68.7 Å². The van der Waals surface area contributed by atoms with E-state index in [1.165, 1.54) is 0 Å². The summed E-state index contributed by atoms with van der Waals surface area (Å²) in [6.07, 6.45) is 1.96. The number of hydrogen-bond donors (Lipinski definition) is 2. The summed E-state index contributed by atoms with van der Waals surface area (Å²) in [6.45, 7) is 11.7. The molecule has 0 aliphatic heterocycles. The first-order valence-electron chi connectivity index (χ1n) is 6.67. The van der Waals surface area contributed by atoms with Crippen LogP contribution in [0, 0.1) is 18.6 Å². The molecule has 1 heterocycles. The Morgan fingerprint density at radius 2 is 2.05 bits per heavy atom. The number of hydrogen-bond acceptors (Lipinski definition) is 3. The van der Waals surface area contributed by atoms with Crippen molar-refractivity contribution in [3.63, 3.8) is 0 Å². The van der Waals surface area contributed by atoms with Crippen molar-refractivity contribution in [1.29, 1.82) is 0 Å². The monoisotopic (exact) mass is 301 g/mol. The molecule has 0 saturated heterocycles. The average molecular weight is 301 g/mol. The van der Waals surface area contributed by atoms with Crippen molar-refractivity contribution in [2.45, 2.75) is 27.7 Å². The molecule has 4 nitrogen and oxygen atoms in total. The minimum Gasteiger partial charge on any atom is -0.508 e. The van der Waals surface area contributed by atoms with Crippen LogP contribution in [0.4, 0.5) is 0 Å². The van der Waals surface area contributed by atoms with Crippen LogP contribution in [-0.2, 0) is 0 Å².